The molecule has 1 saturated heterocycles. The van der Waals surface area contributed by atoms with E-state index in [4.69, 9.17) is 9.47 Å². The van der Waals surface area contributed by atoms with Gasteiger partial charge in [-0.05, 0) is 51.9 Å². The van der Waals surface area contributed by atoms with Crippen molar-refractivity contribution in [2.24, 2.45) is 0 Å². The molecule has 2 unspecified atom stereocenters. The van der Waals surface area contributed by atoms with Gasteiger partial charge in [0, 0.05) is 19.4 Å². The Morgan fingerprint density at radius 1 is 1.35 bits per heavy atom. The lowest BCUT2D eigenvalue weighted by Crippen LogP contribution is -2.26. The van der Waals surface area contributed by atoms with Crippen LogP contribution in [0, 0.1) is 0 Å². The van der Waals surface area contributed by atoms with Gasteiger partial charge in [0.05, 0.1) is 6.10 Å². The van der Waals surface area contributed by atoms with Crippen molar-refractivity contribution in [1.29, 1.82) is 0 Å². The quantitative estimate of drug-likeness (QED) is 0.557. The Balaban J connectivity index is 2.01. The molecule has 3 nitrogen and oxygen atoms in total. The molecule has 0 aromatic rings. The van der Waals surface area contributed by atoms with Crippen LogP contribution in [0.2, 0.25) is 0 Å². The molecule has 1 aliphatic rings. The first-order chi connectivity index (χ1) is 9.72. The fourth-order valence-corrected chi connectivity index (χ4v) is 2.39. The van der Waals surface area contributed by atoms with Crippen LogP contribution in [0.15, 0.2) is 12.2 Å². The fourth-order valence-electron chi connectivity index (χ4n) is 2.39. The van der Waals surface area contributed by atoms with E-state index in [1.807, 2.05) is 0 Å². The first-order valence-corrected chi connectivity index (χ1v) is 8.16. The zero-order valence-corrected chi connectivity index (χ0v) is 13.1. The lowest BCUT2D eigenvalue weighted by molar-refractivity contribution is -0.185. The van der Waals surface area contributed by atoms with E-state index in [9.17, 15) is 4.79 Å². The number of allylic oxidation sites excluding steroid dienone is 2. The van der Waals surface area contributed by atoms with E-state index >= 15 is 0 Å². The van der Waals surface area contributed by atoms with Gasteiger partial charge in [-0.3, -0.25) is 4.79 Å². The average molecular weight is 282 g/mol. The molecule has 0 N–H and O–H groups in total. The molecule has 0 amide bonds. The predicted molar refractivity (Wildman–Crippen MR) is 81.7 cm³/mol. The van der Waals surface area contributed by atoms with Crippen LogP contribution in [0.1, 0.15) is 71.6 Å². The Hall–Kier alpha value is -0.670. The lowest BCUT2D eigenvalue weighted by Gasteiger charge is -2.26. The van der Waals surface area contributed by atoms with Crippen LogP contribution >= 0.6 is 0 Å². The summed E-state index contributed by atoms with van der Waals surface area (Å²) in [5.41, 5.74) is 0. The summed E-state index contributed by atoms with van der Waals surface area (Å²) in [7, 11) is 0. The smallest absolute Gasteiger partial charge is 0.157 e. The summed E-state index contributed by atoms with van der Waals surface area (Å²) in [6, 6.07) is 0. The number of hydrogen-bond acceptors (Lipinski definition) is 3. The van der Waals surface area contributed by atoms with Crippen LogP contribution in [0.3, 0.4) is 0 Å². The minimum atomic E-state index is -0.0198. The molecule has 0 aliphatic carbocycles. The highest BCUT2D eigenvalue weighted by atomic mass is 16.7. The summed E-state index contributed by atoms with van der Waals surface area (Å²) in [5.74, 6) is 0.367. The third-order valence-corrected chi connectivity index (χ3v) is 3.58. The molecule has 3 heteroatoms. The summed E-state index contributed by atoms with van der Waals surface area (Å²) < 4.78 is 11.4. The van der Waals surface area contributed by atoms with Crippen molar-refractivity contribution in [2.45, 2.75) is 84.0 Å². The molecule has 1 heterocycles. The number of ketones is 1. The van der Waals surface area contributed by atoms with Gasteiger partial charge in [0.2, 0.25) is 0 Å². The Kier molecular flexibility index (Phi) is 9.60. The summed E-state index contributed by atoms with van der Waals surface area (Å²) >= 11 is 0. The average Bonchev–Trinajstić information content (AvgIpc) is 2.45. The molecule has 0 bridgehead atoms. The van der Waals surface area contributed by atoms with Crippen LogP contribution in [0.5, 0.6) is 0 Å². The third kappa shape index (κ3) is 8.49. The molecule has 0 radical (unpaired) electrons. The molecule has 2 atom stereocenters. The van der Waals surface area contributed by atoms with Crippen LogP contribution in [-0.2, 0) is 14.3 Å². The van der Waals surface area contributed by atoms with Crippen LogP contribution in [0.25, 0.3) is 0 Å². The SMILES string of the molecule is CC/C=C/CCC(=O)CCCC(C)OC1CCCCO1. The maximum atomic E-state index is 11.7. The van der Waals surface area contributed by atoms with Gasteiger partial charge in [0.1, 0.15) is 5.78 Å². The van der Waals surface area contributed by atoms with Crippen molar-refractivity contribution in [3.8, 4) is 0 Å². The minimum Gasteiger partial charge on any atom is -0.353 e. The molecule has 1 aliphatic heterocycles. The van der Waals surface area contributed by atoms with Crippen LogP contribution in [0.4, 0.5) is 0 Å². The molecular formula is C17H30O3. The molecule has 1 fully saturated rings. The van der Waals surface area contributed by atoms with Gasteiger partial charge in [-0.1, -0.05) is 19.1 Å². The van der Waals surface area contributed by atoms with Gasteiger partial charge in [0.15, 0.2) is 6.29 Å². The van der Waals surface area contributed by atoms with E-state index < -0.39 is 0 Å². The molecule has 20 heavy (non-hydrogen) atoms. The van der Waals surface area contributed by atoms with Gasteiger partial charge in [-0.2, -0.15) is 0 Å². The van der Waals surface area contributed by atoms with Crippen LogP contribution in [-0.4, -0.2) is 24.8 Å². The van der Waals surface area contributed by atoms with E-state index in [2.05, 4.69) is 26.0 Å². The maximum Gasteiger partial charge on any atom is 0.157 e. The molecular weight excluding hydrogens is 252 g/mol. The summed E-state index contributed by atoms with van der Waals surface area (Å²) in [6.07, 6.45) is 12.9. The highest BCUT2D eigenvalue weighted by Crippen LogP contribution is 2.17. The van der Waals surface area contributed by atoms with Crippen molar-refractivity contribution in [3.05, 3.63) is 12.2 Å². The second-order valence-electron chi connectivity index (χ2n) is 5.59. The first kappa shape index (κ1) is 17.4. The number of ether oxygens (including phenoxy) is 2. The number of hydrogen-bond donors (Lipinski definition) is 0. The van der Waals surface area contributed by atoms with Gasteiger partial charge in [-0.15, -0.1) is 0 Å². The zero-order chi connectivity index (χ0) is 14.6. The Morgan fingerprint density at radius 3 is 2.90 bits per heavy atom. The van der Waals surface area contributed by atoms with Gasteiger partial charge >= 0.3 is 0 Å². The monoisotopic (exact) mass is 282 g/mol. The largest absolute Gasteiger partial charge is 0.353 e. The Bertz CT molecular complexity index is 280. The predicted octanol–water partition coefficient (Wildman–Crippen LogP) is 4.40. The van der Waals surface area contributed by atoms with E-state index in [0.717, 1.165) is 45.1 Å². The van der Waals surface area contributed by atoms with Crippen molar-refractivity contribution >= 4 is 5.78 Å². The topological polar surface area (TPSA) is 35.5 Å². The van der Waals surface area contributed by atoms with E-state index in [-0.39, 0.29) is 12.4 Å². The normalized spacial score (nSPS) is 21.2. The molecule has 1 rings (SSSR count). The molecule has 0 aromatic heterocycles. The van der Waals surface area contributed by atoms with Crippen LogP contribution < -0.4 is 0 Å². The van der Waals surface area contributed by atoms with Crippen molar-refractivity contribution in [3.63, 3.8) is 0 Å². The number of carbonyl (C=O) groups is 1. The fraction of sp³-hybridized carbons (Fsp3) is 0.824. The lowest BCUT2D eigenvalue weighted by atomic mass is 10.1. The number of rotatable bonds is 10. The second-order valence-corrected chi connectivity index (χ2v) is 5.59. The number of Topliss-reactive ketones (excluding diaryl/α,β-unsaturated/α-hetero) is 1. The van der Waals surface area contributed by atoms with E-state index in [1.165, 1.54) is 6.42 Å². The zero-order valence-electron chi connectivity index (χ0n) is 13.1. The highest BCUT2D eigenvalue weighted by molar-refractivity contribution is 5.78. The van der Waals surface area contributed by atoms with Crippen molar-refractivity contribution in [1.82, 2.24) is 0 Å². The standard InChI is InChI=1S/C17H30O3/c1-3-4-5-6-11-16(18)12-9-10-15(2)20-17-13-7-8-14-19-17/h4-5,15,17H,3,6-14H2,1-2H3/b5-4+. The third-order valence-electron chi connectivity index (χ3n) is 3.58. The van der Waals surface area contributed by atoms with Gasteiger partial charge in [0.25, 0.3) is 0 Å². The number of carbonyl (C=O) groups excluding carboxylic acids is 1. The van der Waals surface area contributed by atoms with Crippen molar-refractivity contribution < 1.29 is 14.3 Å². The van der Waals surface area contributed by atoms with E-state index in [0.29, 0.717) is 18.6 Å². The maximum absolute atomic E-state index is 11.7. The molecule has 0 aromatic carbocycles. The summed E-state index contributed by atoms with van der Waals surface area (Å²) in [4.78, 5) is 11.7. The van der Waals surface area contributed by atoms with E-state index in [1.54, 1.807) is 0 Å². The van der Waals surface area contributed by atoms with Gasteiger partial charge < -0.3 is 9.47 Å². The van der Waals surface area contributed by atoms with Crippen molar-refractivity contribution in [2.75, 3.05) is 6.61 Å². The first-order valence-electron chi connectivity index (χ1n) is 8.16. The Labute approximate surface area is 123 Å². The summed E-state index contributed by atoms with van der Waals surface area (Å²) in [6.45, 7) is 5.00. The highest BCUT2D eigenvalue weighted by Gasteiger charge is 2.17. The molecule has 116 valence electrons. The molecule has 0 spiro atoms. The summed E-state index contributed by atoms with van der Waals surface area (Å²) in [5, 5.41) is 0. The van der Waals surface area contributed by atoms with Gasteiger partial charge in [-0.25, -0.2) is 0 Å². The second kappa shape index (κ2) is 11.0. The Morgan fingerprint density at radius 2 is 2.20 bits per heavy atom. The minimum absolute atomic E-state index is 0.0198. The molecule has 0 saturated carbocycles.